The molecule has 1 aromatic carbocycles. The molecule has 1 amide bonds. The number of amides is 1. The summed E-state index contributed by atoms with van der Waals surface area (Å²) in [6.45, 7) is 0.620. The number of fused-ring (bicyclic) bond motifs is 1. The quantitative estimate of drug-likeness (QED) is 0.676. The lowest BCUT2D eigenvalue weighted by atomic mass is 10.1. The molecule has 2 heterocycles. The van der Waals surface area contributed by atoms with Crippen molar-refractivity contribution in [2.24, 2.45) is 5.73 Å². The van der Waals surface area contributed by atoms with E-state index < -0.39 is 5.91 Å². The average Bonchev–Trinajstić information content (AvgIpc) is 2.90. The number of carbonyl (C=O) groups is 1. The molecule has 0 unspecified atom stereocenters. The van der Waals surface area contributed by atoms with E-state index in [-0.39, 0.29) is 5.82 Å². The molecule has 3 aromatic rings. The van der Waals surface area contributed by atoms with Crippen LogP contribution in [0.1, 0.15) is 15.9 Å². The fraction of sp³-hybridized carbons (Fsp3) is 0.125. The molecule has 2 aromatic heterocycles. The van der Waals surface area contributed by atoms with E-state index in [9.17, 15) is 9.18 Å². The Morgan fingerprint density at radius 2 is 2.23 bits per heavy atom. The SMILES string of the molecule is NC(=O)c1cnccc1NCCc1c[nH]c2cc(F)ccc12. The molecular weight excluding hydrogens is 283 g/mol. The van der Waals surface area contributed by atoms with Gasteiger partial charge in [0.2, 0.25) is 0 Å². The molecular formula is C16H15FN4O. The first kappa shape index (κ1) is 14.1. The molecule has 0 saturated carbocycles. The lowest BCUT2D eigenvalue weighted by Crippen LogP contribution is -2.15. The predicted octanol–water partition coefficient (Wildman–Crippen LogP) is 2.46. The van der Waals surface area contributed by atoms with Gasteiger partial charge in [0, 0.05) is 36.0 Å². The van der Waals surface area contributed by atoms with E-state index in [1.165, 1.54) is 18.3 Å². The third-order valence-corrected chi connectivity index (χ3v) is 3.53. The molecule has 6 heteroatoms. The molecule has 0 fully saturated rings. The number of aromatic nitrogens is 2. The van der Waals surface area contributed by atoms with Crippen LogP contribution < -0.4 is 11.1 Å². The number of hydrogen-bond acceptors (Lipinski definition) is 3. The van der Waals surface area contributed by atoms with Crippen molar-refractivity contribution in [3.63, 3.8) is 0 Å². The number of halogens is 1. The van der Waals surface area contributed by atoms with Gasteiger partial charge in [0.25, 0.3) is 5.91 Å². The summed E-state index contributed by atoms with van der Waals surface area (Å²) in [5.41, 5.74) is 8.19. The van der Waals surface area contributed by atoms with E-state index in [4.69, 9.17) is 5.73 Å². The van der Waals surface area contributed by atoms with Gasteiger partial charge in [-0.15, -0.1) is 0 Å². The summed E-state index contributed by atoms with van der Waals surface area (Å²) in [6.07, 6.45) is 5.64. The Morgan fingerprint density at radius 3 is 3.05 bits per heavy atom. The van der Waals surface area contributed by atoms with Crippen LogP contribution in [0.15, 0.2) is 42.9 Å². The first-order valence-electron chi connectivity index (χ1n) is 6.88. The number of pyridine rings is 1. The number of hydrogen-bond donors (Lipinski definition) is 3. The highest BCUT2D eigenvalue weighted by Crippen LogP contribution is 2.20. The van der Waals surface area contributed by atoms with Crippen molar-refractivity contribution >= 4 is 22.5 Å². The smallest absolute Gasteiger partial charge is 0.252 e. The summed E-state index contributed by atoms with van der Waals surface area (Å²) in [5, 5.41) is 4.17. The number of aromatic amines is 1. The third kappa shape index (κ3) is 2.76. The van der Waals surface area contributed by atoms with Crippen LogP contribution in [0, 0.1) is 5.82 Å². The normalized spacial score (nSPS) is 10.8. The maximum atomic E-state index is 13.2. The van der Waals surface area contributed by atoms with Crippen LogP contribution in [0.3, 0.4) is 0 Å². The zero-order chi connectivity index (χ0) is 15.5. The number of nitrogens with two attached hydrogens (primary N) is 1. The highest BCUT2D eigenvalue weighted by Gasteiger charge is 2.08. The summed E-state index contributed by atoms with van der Waals surface area (Å²) in [7, 11) is 0. The predicted molar refractivity (Wildman–Crippen MR) is 83.2 cm³/mol. The van der Waals surface area contributed by atoms with E-state index in [0.717, 1.165) is 22.9 Å². The fourth-order valence-corrected chi connectivity index (χ4v) is 2.44. The van der Waals surface area contributed by atoms with Crippen LogP contribution in [0.25, 0.3) is 10.9 Å². The van der Waals surface area contributed by atoms with Crippen molar-refractivity contribution in [2.75, 3.05) is 11.9 Å². The Hall–Kier alpha value is -2.89. The molecule has 22 heavy (non-hydrogen) atoms. The third-order valence-electron chi connectivity index (χ3n) is 3.53. The number of anilines is 1. The molecule has 0 spiro atoms. The van der Waals surface area contributed by atoms with E-state index >= 15 is 0 Å². The summed E-state index contributed by atoms with van der Waals surface area (Å²) in [5.74, 6) is -0.778. The lowest BCUT2D eigenvalue weighted by Gasteiger charge is -2.09. The minimum absolute atomic E-state index is 0.262. The van der Waals surface area contributed by atoms with Gasteiger partial charge in [0.15, 0.2) is 0 Å². The summed E-state index contributed by atoms with van der Waals surface area (Å²) in [6, 6.07) is 6.39. The van der Waals surface area contributed by atoms with Crippen LogP contribution in [-0.2, 0) is 6.42 Å². The fourth-order valence-electron chi connectivity index (χ4n) is 2.44. The van der Waals surface area contributed by atoms with Crippen LogP contribution in [0.4, 0.5) is 10.1 Å². The summed E-state index contributed by atoms with van der Waals surface area (Å²) < 4.78 is 13.2. The second-order valence-electron chi connectivity index (χ2n) is 4.97. The zero-order valence-corrected chi connectivity index (χ0v) is 11.8. The van der Waals surface area contributed by atoms with Crippen molar-refractivity contribution in [1.82, 2.24) is 9.97 Å². The Labute approximate surface area is 126 Å². The van der Waals surface area contributed by atoms with E-state index in [1.54, 1.807) is 18.3 Å². The number of carbonyl (C=O) groups excluding carboxylic acids is 1. The van der Waals surface area contributed by atoms with Crippen molar-refractivity contribution in [1.29, 1.82) is 0 Å². The van der Waals surface area contributed by atoms with Gasteiger partial charge in [-0.1, -0.05) is 0 Å². The van der Waals surface area contributed by atoms with Gasteiger partial charge in [-0.25, -0.2) is 4.39 Å². The number of nitrogens with zero attached hydrogens (tertiary/aromatic N) is 1. The zero-order valence-electron chi connectivity index (χ0n) is 11.8. The maximum Gasteiger partial charge on any atom is 0.252 e. The molecule has 0 bridgehead atoms. The molecule has 5 nitrogen and oxygen atoms in total. The molecule has 3 rings (SSSR count). The summed E-state index contributed by atoms with van der Waals surface area (Å²) >= 11 is 0. The van der Waals surface area contributed by atoms with Crippen molar-refractivity contribution in [2.45, 2.75) is 6.42 Å². The number of rotatable bonds is 5. The summed E-state index contributed by atoms with van der Waals surface area (Å²) in [4.78, 5) is 18.3. The minimum atomic E-state index is -0.516. The van der Waals surface area contributed by atoms with E-state index in [0.29, 0.717) is 17.8 Å². The van der Waals surface area contributed by atoms with Crippen molar-refractivity contribution < 1.29 is 9.18 Å². The molecule has 4 N–H and O–H groups in total. The molecule has 0 aliphatic carbocycles. The van der Waals surface area contributed by atoms with Gasteiger partial charge >= 0.3 is 0 Å². The molecule has 112 valence electrons. The largest absolute Gasteiger partial charge is 0.384 e. The Balaban J connectivity index is 1.72. The second-order valence-corrected chi connectivity index (χ2v) is 4.97. The van der Waals surface area contributed by atoms with Crippen LogP contribution in [-0.4, -0.2) is 22.4 Å². The first-order valence-corrected chi connectivity index (χ1v) is 6.88. The number of H-pyrrole nitrogens is 1. The monoisotopic (exact) mass is 298 g/mol. The van der Waals surface area contributed by atoms with Gasteiger partial charge in [-0.3, -0.25) is 9.78 Å². The van der Waals surface area contributed by atoms with Crippen LogP contribution >= 0.6 is 0 Å². The molecule has 0 radical (unpaired) electrons. The molecule has 0 aliphatic heterocycles. The molecule has 0 aliphatic rings. The van der Waals surface area contributed by atoms with Gasteiger partial charge in [0.05, 0.1) is 11.3 Å². The van der Waals surface area contributed by atoms with E-state index in [2.05, 4.69) is 15.3 Å². The molecule has 0 atom stereocenters. The average molecular weight is 298 g/mol. The van der Waals surface area contributed by atoms with Gasteiger partial charge in [-0.05, 0) is 36.2 Å². The van der Waals surface area contributed by atoms with Gasteiger partial charge < -0.3 is 16.0 Å². The van der Waals surface area contributed by atoms with Crippen molar-refractivity contribution in [3.8, 4) is 0 Å². The maximum absolute atomic E-state index is 13.2. The second kappa shape index (κ2) is 5.85. The number of benzene rings is 1. The number of nitrogens with one attached hydrogen (secondary N) is 2. The molecule has 0 saturated heterocycles. The topological polar surface area (TPSA) is 83.8 Å². The van der Waals surface area contributed by atoms with Crippen LogP contribution in [0.2, 0.25) is 0 Å². The van der Waals surface area contributed by atoms with Crippen molar-refractivity contribution in [3.05, 3.63) is 59.8 Å². The van der Waals surface area contributed by atoms with Crippen LogP contribution in [0.5, 0.6) is 0 Å². The Bertz CT molecular complexity index is 828. The van der Waals surface area contributed by atoms with Gasteiger partial charge in [0.1, 0.15) is 5.82 Å². The minimum Gasteiger partial charge on any atom is -0.384 e. The van der Waals surface area contributed by atoms with Gasteiger partial charge in [-0.2, -0.15) is 0 Å². The highest BCUT2D eigenvalue weighted by atomic mass is 19.1. The highest BCUT2D eigenvalue weighted by molar-refractivity contribution is 5.98. The lowest BCUT2D eigenvalue weighted by molar-refractivity contribution is 0.100. The standard InChI is InChI=1S/C16H15FN4O/c17-11-1-2-12-10(8-21-15(12)7-11)3-6-20-14-4-5-19-9-13(14)16(18)22/h1-2,4-5,7-9,21H,3,6H2,(H2,18,22)(H,19,20). The Morgan fingerprint density at radius 1 is 1.36 bits per heavy atom. The first-order chi connectivity index (χ1) is 10.6. The Kier molecular flexibility index (Phi) is 3.74. The van der Waals surface area contributed by atoms with E-state index in [1.807, 2.05) is 6.20 Å². The number of primary amides is 1.